The highest BCUT2D eigenvalue weighted by Gasteiger charge is 2.31. The monoisotopic (exact) mass is 292 g/mol. The molecule has 0 saturated heterocycles. The number of aliphatic carboxylic acids is 1. The summed E-state index contributed by atoms with van der Waals surface area (Å²) in [7, 11) is 0. The predicted octanol–water partition coefficient (Wildman–Crippen LogP) is 0.962. The van der Waals surface area contributed by atoms with Gasteiger partial charge in [-0.1, -0.05) is 6.07 Å². The first kappa shape index (κ1) is 15.8. The molecular weight excluding hydrogens is 281 g/mol. The minimum Gasteiger partial charge on any atom is -0.480 e. The molecule has 20 heavy (non-hydrogen) atoms. The molecule has 1 aromatic carbocycles. The van der Waals surface area contributed by atoms with Crippen molar-refractivity contribution in [3.8, 4) is 5.75 Å². The molecule has 0 fully saturated rings. The average Bonchev–Trinajstić information content (AvgIpc) is 2.33. The Morgan fingerprint density at radius 3 is 2.50 bits per heavy atom. The van der Waals surface area contributed by atoms with Gasteiger partial charge in [0, 0.05) is 11.8 Å². The smallest absolute Gasteiger partial charge is 0.480 e. The molecule has 1 amide bonds. The van der Waals surface area contributed by atoms with Gasteiger partial charge in [0.2, 0.25) is 5.91 Å². The van der Waals surface area contributed by atoms with Gasteiger partial charge in [-0.15, -0.1) is 13.2 Å². The fourth-order valence-electron chi connectivity index (χ4n) is 1.42. The van der Waals surface area contributed by atoms with Crippen LogP contribution in [0.15, 0.2) is 24.3 Å². The molecule has 110 valence electrons. The second-order valence-electron chi connectivity index (χ2n) is 3.62. The summed E-state index contributed by atoms with van der Waals surface area (Å²) in [5.74, 6) is -2.62. The van der Waals surface area contributed by atoms with Crippen LogP contribution in [0, 0.1) is 0 Å². The number of nitrogens with two attached hydrogens (primary N) is 1. The number of alkyl halides is 3. The van der Waals surface area contributed by atoms with Gasteiger partial charge in [-0.2, -0.15) is 0 Å². The maximum absolute atomic E-state index is 12.1. The van der Waals surface area contributed by atoms with Gasteiger partial charge in [-0.25, -0.2) is 0 Å². The lowest BCUT2D eigenvalue weighted by Crippen LogP contribution is -2.39. The van der Waals surface area contributed by atoms with Crippen LogP contribution < -0.4 is 15.4 Å². The molecule has 0 aliphatic rings. The van der Waals surface area contributed by atoms with Crippen molar-refractivity contribution >= 4 is 17.6 Å². The van der Waals surface area contributed by atoms with E-state index in [1.54, 1.807) is 0 Å². The van der Waals surface area contributed by atoms with E-state index in [9.17, 15) is 22.8 Å². The van der Waals surface area contributed by atoms with Gasteiger partial charge in [0.15, 0.2) is 0 Å². The lowest BCUT2D eigenvalue weighted by molar-refractivity contribution is -0.274. The summed E-state index contributed by atoms with van der Waals surface area (Å²) in [5, 5.41) is 8.70. The lowest BCUT2D eigenvalue weighted by Gasteiger charge is -2.21. The zero-order chi connectivity index (χ0) is 15.3. The maximum Gasteiger partial charge on any atom is 0.573 e. The Hall–Kier alpha value is -2.29. The molecular formula is C11H11F3N2O4. The number of amides is 1. The van der Waals surface area contributed by atoms with Crippen LogP contribution in [0.25, 0.3) is 0 Å². The van der Waals surface area contributed by atoms with Crippen molar-refractivity contribution in [1.82, 2.24) is 0 Å². The number of ether oxygens (including phenoxy) is 1. The predicted molar refractivity (Wildman–Crippen MR) is 62.2 cm³/mol. The highest BCUT2D eigenvalue weighted by Crippen LogP contribution is 2.26. The molecule has 0 heterocycles. The van der Waals surface area contributed by atoms with Gasteiger partial charge in [-0.3, -0.25) is 14.5 Å². The van der Waals surface area contributed by atoms with Gasteiger partial charge >= 0.3 is 12.3 Å². The molecule has 3 N–H and O–H groups in total. The van der Waals surface area contributed by atoms with Gasteiger partial charge in [0.1, 0.15) is 12.3 Å². The second kappa shape index (κ2) is 6.24. The van der Waals surface area contributed by atoms with Crippen molar-refractivity contribution in [3.05, 3.63) is 24.3 Å². The van der Waals surface area contributed by atoms with E-state index in [2.05, 4.69) is 4.74 Å². The molecule has 0 aliphatic heterocycles. The zero-order valence-electron chi connectivity index (χ0n) is 10.1. The molecule has 0 saturated carbocycles. The molecule has 9 heteroatoms. The Morgan fingerprint density at radius 2 is 2.00 bits per heavy atom. The Labute approximate surface area is 111 Å². The molecule has 1 rings (SSSR count). The number of benzene rings is 1. The quantitative estimate of drug-likeness (QED) is 0.843. The van der Waals surface area contributed by atoms with Crippen LogP contribution in [0.1, 0.15) is 0 Å². The number of carboxylic acid groups (broad SMARTS) is 1. The standard InChI is InChI=1S/C11H11F3N2O4/c12-11(13,14)20-8-3-1-2-7(4-8)16(6-10(18)19)9(17)5-15/h1-4H,5-6,15H2,(H,18,19). The minimum absolute atomic E-state index is 0.0513. The van der Waals surface area contributed by atoms with Crippen LogP contribution in [0.2, 0.25) is 0 Å². The zero-order valence-corrected chi connectivity index (χ0v) is 10.1. The van der Waals surface area contributed by atoms with Crippen LogP contribution in [-0.2, 0) is 9.59 Å². The number of carbonyl (C=O) groups is 2. The third-order valence-electron chi connectivity index (χ3n) is 2.13. The largest absolute Gasteiger partial charge is 0.573 e. The van der Waals surface area contributed by atoms with E-state index in [-0.39, 0.29) is 5.69 Å². The number of carbonyl (C=O) groups excluding carboxylic acids is 1. The summed E-state index contributed by atoms with van der Waals surface area (Å²) in [6.07, 6.45) is -4.88. The van der Waals surface area contributed by atoms with Gasteiger partial charge in [-0.05, 0) is 12.1 Å². The summed E-state index contributed by atoms with van der Waals surface area (Å²) >= 11 is 0. The lowest BCUT2D eigenvalue weighted by atomic mass is 10.2. The van der Waals surface area contributed by atoms with E-state index in [0.29, 0.717) is 0 Å². The molecule has 1 aromatic rings. The number of anilines is 1. The summed E-state index contributed by atoms with van der Waals surface area (Å²) < 4.78 is 40.0. The minimum atomic E-state index is -4.88. The van der Waals surface area contributed by atoms with Crippen LogP contribution >= 0.6 is 0 Å². The van der Waals surface area contributed by atoms with Crippen molar-refractivity contribution in [2.45, 2.75) is 6.36 Å². The van der Waals surface area contributed by atoms with Crippen molar-refractivity contribution in [3.63, 3.8) is 0 Å². The van der Waals surface area contributed by atoms with Crippen molar-refractivity contribution in [2.24, 2.45) is 5.73 Å². The second-order valence-corrected chi connectivity index (χ2v) is 3.62. The molecule has 0 aromatic heterocycles. The first-order valence-corrected chi connectivity index (χ1v) is 5.31. The van der Waals surface area contributed by atoms with Crippen LogP contribution in [-0.4, -0.2) is 36.4 Å². The van der Waals surface area contributed by atoms with E-state index in [1.807, 2.05) is 0 Å². The molecule has 0 atom stereocenters. The highest BCUT2D eigenvalue weighted by atomic mass is 19.4. The summed E-state index contributed by atoms with van der Waals surface area (Å²) in [6.45, 7) is -1.19. The van der Waals surface area contributed by atoms with E-state index >= 15 is 0 Å². The Balaban J connectivity index is 3.05. The Morgan fingerprint density at radius 1 is 1.35 bits per heavy atom. The highest BCUT2D eigenvalue weighted by molar-refractivity contribution is 5.98. The molecule has 0 unspecified atom stereocenters. The molecule has 0 aliphatic carbocycles. The van der Waals surface area contributed by atoms with Crippen LogP contribution in [0.3, 0.4) is 0 Å². The first-order valence-electron chi connectivity index (χ1n) is 5.31. The topological polar surface area (TPSA) is 92.9 Å². The molecule has 0 spiro atoms. The van der Waals surface area contributed by atoms with E-state index in [4.69, 9.17) is 10.8 Å². The molecule has 6 nitrogen and oxygen atoms in total. The van der Waals surface area contributed by atoms with E-state index in [0.717, 1.165) is 17.0 Å². The van der Waals surface area contributed by atoms with Crippen molar-refractivity contribution in [2.75, 3.05) is 18.0 Å². The van der Waals surface area contributed by atoms with Crippen molar-refractivity contribution in [1.29, 1.82) is 0 Å². The van der Waals surface area contributed by atoms with Gasteiger partial charge in [0.25, 0.3) is 0 Å². The fraction of sp³-hybridized carbons (Fsp3) is 0.273. The third-order valence-corrected chi connectivity index (χ3v) is 2.13. The van der Waals surface area contributed by atoms with Crippen LogP contribution in [0.4, 0.5) is 18.9 Å². The Bertz CT molecular complexity index is 505. The van der Waals surface area contributed by atoms with Crippen LogP contribution in [0.5, 0.6) is 5.75 Å². The average molecular weight is 292 g/mol. The maximum atomic E-state index is 12.1. The third kappa shape index (κ3) is 4.76. The number of hydrogen-bond donors (Lipinski definition) is 2. The molecule has 0 radical (unpaired) electrons. The normalized spacial score (nSPS) is 11.0. The first-order chi connectivity index (χ1) is 9.23. The van der Waals surface area contributed by atoms with Crippen molar-refractivity contribution < 1.29 is 32.6 Å². The summed E-state index contributed by atoms with van der Waals surface area (Å²) in [6, 6.07) is 4.42. The number of carboxylic acids is 1. The van der Waals surface area contributed by atoms with Gasteiger partial charge < -0.3 is 15.6 Å². The summed E-state index contributed by atoms with van der Waals surface area (Å²) in [4.78, 5) is 22.9. The summed E-state index contributed by atoms with van der Waals surface area (Å²) in [5.41, 5.74) is 5.08. The Kier molecular flexibility index (Phi) is 4.92. The fourth-order valence-corrected chi connectivity index (χ4v) is 1.42. The van der Waals surface area contributed by atoms with E-state index in [1.165, 1.54) is 12.1 Å². The number of halogens is 3. The van der Waals surface area contributed by atoms with E-state index < -0.39 is 37.1 Å². The number of hydrogen-bond acceptors (Lipinski definition) is 4. The number of nitrogens with zero attached hydrogens (tertiary/aromatic N) is 1. The number of rotatable bonds is 5. The van der Waals surface area contributed by atoms with Gasteiger partial charge in [0.05, 0.1) is 6.54 Å². The molecule has 0 bridgehead atoms. The SMILES string of the molecule is NCC(=O)N(CC(=O)O)c1cccc(OC(F)(F)F)c1.